The maximum absolute atomic E-state index is 12.4. The lowest BCUT2D eigenvalue weighted by atomic mass is 10.2. The highest BCUT2D eigenvalue weighted by molar-refractivity contribution is 7.19. The van der Waals surface area contributed by atoms with Gasteiger partial charge in [0.15, 0.2) is 5.82 Å². The number of fused-ring (bicyclic) bond motifs is 1. The summed E-state index contributed by atoms with van der Waals surface area (Å²) in [7, 11) is 0. The first kappa shape index (κ1) is 16.6. The fraction of sp³-hybridized carbons (Fsp3) is 0.118. The molecular weight excluding hydrogens is 372 g/mol. The van der Waals surface area contributed by atoms with Gasteiger partial charge in [0.1, 0.15) is 10.2 Å². The van der Waals surface area contributed by atoms with Crippen molar-refractivity contribution in [1.82, 2.24) is 24.8 Å². The summed E-state index contributed by atoms with van der Waals surface area (Å²) in [6, 6.07) is 10.8. The van der Waals surface area contributed by atoms with Gasteiger partial charge in [0, 0.05) is 23.9 Å². The molecule has 4 aromatic rings. The molecule has 4 rings (SSSR count). The number of hydrogen-bond acceptors (Lipinski definition) is 6. The number of halogens is 1. The maximum Gasteiger partial charge on any atom is 0.258 e. The standard InChI is InChI=1S/C17H13ClN6OS/c1-2-13-21-22-17-24(13)23-16(26-17)10-5-3-6-11(9-10)20-15(25)12-7-4-8-19-14(12)18/h3-9H,2H2,1H3,(H,20,25). The number of carbonyl (C=O) groups excluding carboxylic acids is 1. The summed E-state index contributed by atoms with van der Waals surface area (Å²) in [5.74, 6) is 0.504. The van der Waals surface area contributed by atoms with E-state index in [1.165, 1.54) is 17.5 Å². The molecule has 9 heteroatoms. The second-order valence-corrected chi connectivity index (χ2v) is 6.76. The Kier molecular flexibility index (Phi) is 4.36. The van der Waals surface area contributed by atoms with Crippen LogP contribution in [0.1, 0.15) is 23.1 Å². The van der Waals surface area contributed by atoms with Crippen molar-refractivity contribution >= 4 is 39.5 Å². The number of rotatable bonds is 4. The number of aromatic nitrogens is 5. The van der Waals surface area contributed by atoms with E-state index in [2.05, 4.69) is 25.6 Å². The minimum atomic E-state index is -0.313. The quantitative estimate of drug-likeness (QED) is 0.542. The Hall–Kier alpha value is -2.84. The molecule has 0 bridgehead atoms. The fourth-order valence-electron chi connectivity index (χ4n) is 2.48. The summed E-state index contributed by atoms with van der Waals surface area (Å²) >= 11 is 7.43. The zero-order chi connectivity index (χ0) is 18.1. The topological polar surface area (TPSA) is 85.1 Å². The Morgan fingerprint density at radius 3 is 2.96 bits per heavy atom. The number of pyridine rings is 1. The molecule has 0 atom stereocenters. The minimum Gasteiger partial charge on any atom is -0.322 e. The van der Waals surface area contributed by atoms with E-state index in [1.807, 2.05) is 31.2 Å². The number of carbonyl (C=O) groups is 1. The van der Waals surface area contributed by atoms with E-state index in [4.69, 9.17) is 11.6 Å². The second kappa shape index (κ2) is 6.81. The molecule has 26 heavy (non-hydrogen) atoms. The van der Waals surface area contributed by atoms with Crippen LogP contribution in [-0.2, 0) is 6.42 Å². The van der Waals surface area contributed by atoms with E-state index >= 15 is 0 Å². The third-order valence-electron chi connectivity index (χ3n) is 3.74. The highest BCUT2D eigenvalue weighted by Crippen LogP contribution is 2.28. The molecule has 3 heterocycles. The van der Waals surface area contributed by atoms with Crippen LogP contribution in [0.15, 0.2) is 42.6 Å². The largest absolute Gasteiger partial charge is 0.322 e. The molecule has 0 aliphatic heterocycles. The van der Waals surface area contributed by atoms with Gasteiger partial charge in [0.05, 0.1) is 5.56 Å². The number of benzene rings is 1. The number of nitrogens with zero attached hydrogens (tertiary/aromatic N) is 5. The van der Waals surface area contributed by atoms with E-state index in [-0.39, 0.29) is 11.1 Å². The van der Waals surface area contributed by atoms with Crippen molar-refractivity contribution in [2.45, 2.75) is 13.3 Å². The van der Waals surface area contributed by atoms with Gasteiger partial charge in [0.2, 0.25) is 4.96 Å². The summed E-state index contributed by atoms with van der Waals surface area (Å²) in [6.07, 6.45) is 2.30. The summed E-state index contributed by atoms with van der Waals surface area (Å²) in [4.78, 5) is 17.1. The molecule has 1 N–H and O–H groups in total. The van der Waals surface area contributed by atoms with Crippen LogP contribution in [0.4, 0.5) is 5.69 Å². The molecule has 1 aromatic carbocycles. The number of nitrogens with one attached hydrogen (secondary N) is 1. The Balaban J connectivity index is 1.62. The van der Waals surface area contributed by atoms with E-state index in [0.717, 1.165) is 27.8 Å². The van der Waals surface area contributed by atoms with Gasteiger partial charge in [-0.1, -0.05) is 42.0 Å². The molecule has 0 aliphatic carbocycles. The van der Waals surface area contributed by atoms with Gasteiger partial charge >= 0.3 is 0 Å². The lowest BCUT2D eigenvalue weighted by Crippen LogP contribution is -2.12. The molecule has 0 saturated heterocycles. The molecule has 7 nitrogen and oxygen atoms in total. The van der Waals surface area contributed by atoms with Crippen LogP contribution in [0.5, 0.6) is 0 Å². The predicted octanol–water partition coefficient (Wildman–Crippen LogP) is 3.72. The van der Waals surface area contributed by atoms with Gasteiger partial charge in [0.25, 0.3) is 5.91 Å². The summed E-state index contributed by atoms with van der Waals surface area (Å²) in [5, 5.41) is 16.6. The minimum absolute atomic E-state index is 0.168. The monoisotopic (exact) mass is 384 g/mol. The van der Waals surface area contributed by atoms with Crippen molar-refractivity contribution in [3.8, 4) is 10.6 Å². The zero-order valence-electron chi connectivity index (χ0n) is 13.7. The van der Waals surface area contributed by atoms with Gasteiger partial charge in [-0.3, -0.25) is 4.79 Å². The van der Waals surface area contributed by atoms with Crippen LogP contribution >= 0.6 is 22.9 Å². The zero-order valence-corrected chi connectivity index (χ0v) is 15.3. The van der Waals surface area contributed by atoms with Crippen molar-refractivity contribution in [2.24, 2.45) is 0 Å². The summed E-state index contributed by atoms with van der Waals surface area (Å²) in [6.45, 7) is 2.01. The van der Waals surface area contributed by atoms with Crippen LogP contribution in [0, 0.1) is 0 Å². The fourth-order valence-corrected chi connectivity index (χ4v) is 3.54. The lowest BCUT2D eigenvalue weighted by Gasteiger charge is -2.07. The van der Waals surface area contributed by atoms with Crippen molar-refractivity contribution < 1.29 is 4.79 Å². The van der Waals surface area contributed by atoms with Crippen molar-refractivity contribution in [1.29, 1.82) is 0 Å². The molecule has 130 valence electrons. The summed E-state index contributed by atoms with van der Waals surface area (Å²) in [5.41, 5.74) is 1.86. The number of amides is 1. The molecule has 0 spiro atoms. The van der Waals surface area contributed by atoms with Crippen molar-refractivity contribution in [3.63, 3.8) is 0 Å². The molecule has 0 saturated carbocycles. The molecule has 0 fully saturated rings. The third kappa shape index (κ3) is 3.04. The third-order valence-corrected chi connectivity index (χ3v) is 4.99. The molecule has 0 aliphatic rings. The highest BCUT2D eigenvalue weighted by Gasteiger charge is 2.14. The van der Waals surface area contributed by atoms with E-state index in [1.54, 1.807) is 16.6 Å². The molecule has 3 aromatic heterocycles. The second-order valence-electron chi connectivity index (χ2n) is 5.45. The molecule has 0 radical (unpaired) electrons. The number of aryl methyl sites for hydroxylation is 1. The van der Waals surface area contributed by atoms with Gasteiger partial charge in [-0.2, -0.15) is 9.61 Å². The Bertz CT molecular complexity index is 1110. The van der Waals surface area contributed by atoms with Gasteiger partial charge in [-0.05, 0) is 24.3 Å². The van der Waals surface area contributed by atoms with E-state index in [0.29, 0.717) is 11.3 Å². The Labute approximate surface area is 157 Å². The molecular formula is C17H13ClN6OS. The normalized spacial score (nSPS) is 11.0. The molecule has 1 amide bonds. The Morgan fingerprint density at radius 1 is 1.27 bits per heavy atom. The van der Waals surface area contributed by atoms with Gasteiger partial charge in [-0.15, -0.1) is 10.2 Å². The average molecular weight is 385 g/mol. The molecule has 0 unspecified atom stereocenters. The van der Waals surface area contributed by atoms with E-state index in [9.17, 15) is 4.79 Å². The Morgan fingerprint density at radius 2 is 2.15 bits per heavy atom. The highest BCUT2D eigenvalue weighted by atomic mass is 35.5. The smallest absolute Gasteiger partial charge is 0.258 e. The first-order valence-electron chi connectivity index (χ1n) is 7.89. The van der Waals surface area contributed by atoms with Crippen molar-refractivity contribution in [3.05, 3.63) is 59.1 Å². The van der Waals surface area contributed by atoms with Gasteiger partial charge in [-0.25, -0.2) is 4.98 Å². The maximum atomic E-state index is 12.4. The summed E-state index contributed by atoms with van der Waals surface area (Å²) < 4.78 is 1.75. The van der Waals surface area contributed by atoms with Crippen LogP contribution < -0.4 is 5.32 Å². The van der Waals surface area contributed by atoms with E-state index < -0.39 is 0 Å². The first-order chi connectivity index (χ1) is 12.7. The average Bonchev–Trinajstić information content (AvgIpc) is 3.22. The first-order valence-corrected chi connectivity index (χ1v) is 9.08. The van der Waals surface area contributed by atoms with Crippen molar-refractivity contribution in [2.75, 3.05) is 5.32 Å². The van der Waals surface area contributed by atoms with Gasteiger partial charge < -0.3 is 5.32 Å². The van der Waals surface area contributed by atoms with Crippen LogP contribution in [-0.4, -0.2) is 30.7 Å². The van der Waals surface area contributed by atoms with Crippen LogP contribution in [0.2, 0.25) is 5.15 Å². The number of anilines is 1. The lowest BCUT2D eigenvalue weighted by molar-refractivity contribution is 0.102. The van der Waals surface area contributed by atoms with Crippen LogP contribution in [0.3, 0.4) is 0 Å². The predicted molar refractivity (Wildman–Crippen MR) is 101 cm³/mol. The SMILES string of the molecule is CCc1nnc2sc(-c3cccc(NC(=O)c4cccnc4Cl)c3)nn12. The number of hydrogen-bond donors (Lipinski definition) is 1. The van der Waals surface area contributed by atoms with Crippen LogP contribution in [0.25, 0.3) is 15.5 Å².